The van der Waals surface area contributed by atoms with Crippen molar-refractivity contribution in [1.82, 2.24) is 9.71 Å². The summed E-state index contributed by atoms with van der Waals surface area (Å²) < 4.78 is 26.6. The number of hydrogen-bond donors (Lipinski definition) is 1. The molecule has 1 amide bonds. The highest BCUT2D eigenvalue weighted by Gasteiger charge is 2.17. The van der Waals surface area contributed by atoms with Gasteiger partial charge in [-0.25, -0.2) is 18.1 Å². The normalized spacial score (nSPS) is 11.0. The van der Waals surface area contributed by atoms with Crippen LogP contribution in [-0.4, -0.2) is 19.3 Å². The summed E-state index contributed by atoms with van der Waals surface area (Å²) >= 11 is 0. The second kappa shape index (κ2) is 6.71. The van der Waals surface area contributed by atoms with Crippen LogP contribution in [0.5, 0.6) is 0 Å². The highest BCUT2D eigenvalue weighted by atomic mass is 32.2. The molecule has 0 aliphatic heterocycles. The fraction of sp³-hybridized carbons (Fsp3) is 0.0556. The highest BCUT2D eigenvalue weighted by molar-refractivity contribution is 7.89. The van der Waals surface area contributed by atoms with E-state index in [1.54, 1.807) is 42.5 Å². The first-order chi connectivity index (χ1) is 12.0. The maximum absolute atomic E-state index is 12.3. The monoisotopic (exact) mass is 351 g/mol. The van der Waals surface area contributed by atoms with Crippen molar-refractivity contribution in [3.8, 4) is 6.07 Å². The van der Waals surface area contributed by atoms with Crippen molar-refractivity contribution in [3.63, 3.8) is 0 Å². The molecule has 0 aliphatic rings. The van der Waals surface area contributed by atoms with Crippen molar-refractivity contribution in [1.29, 1.82) is 5.26 Å². The molecule has 0 saturated carbocycles. The number of carbonyl (C=O) groups is 1. The zero-order valence-corrected chi connectivity index (χ0v) is 13.8. The number of nitrogens with zero attached hydrogens (tertiary/aromatic N) is 2. The number of aromatic nitrogens is 1. The third-order valence-electron chi connectivity index (χ3n) is 3.58. The maximum Gasteiger partial charge on any atom is 0.264 e. The molecule has 6 nitrogen and oxygen atoms in total. The van der Waals surface area contributed by atoms with E-state index in [0.29, 0.717) is 10.9 Å². The SMILES string of the molecule is N#Cc1nccc2ccc(CS(=O)(=O)NC(=O)c3ccccc3)cc12. The number of nitrogens with one attached hydrogen (secondary N) is 1. The quantitative estimate of drug-likeness (QED) is 0.778. The molecule has 0 bridgehead atoms. The smallest absolute Gasteiger partial charge is 0.264 e. The molecular formula is C18H13N3O3S. The van der Waals surface area contributed by atoms with Gasteiger partial charge in [0.05, 0.1) is 5.75 Å². The van der Waals surface area contributed by atoms with Crippen LogP contribution in [0, 0.1) is 11.3 Å². The zero-order valence-electron chi connectivity index (χ0n) is 13.0. The first kappa shape index (κ1) is 16.6. The molecule has 1 heterocycles. The van der Waals surface area contributed by atoms with Gasteiger partial charge in [-0.2, -0.15) is 5.26 Å². The molecule has 1 N–H and O–H groups in total. The van der Waals surface area contributed by atoms with Gasteiger partial charge in [0.1, 0.15) is 11.8 Å². The van der Waals surface area contributed by atoms with E-state index in [1.165, 1.54) is 18.3 Å². The lowest BCUT2D eigenvalue weighted by Gasteiger charge is -2.08. The summed E-state index contributed by atoms with van der Waals surface area (Å²) in [6, 6.07) is 16.8. The van der Waals surface area contributed by atoms with E-state index in [1.807, 2.05) is 6.07 Å². The predicted octanol–water partition coefficient (Wildman–Crippen LogP) is 2.37. The lowest BCUT2D eigenvalue weighted by molar-refractivity contribution is 0.0981. The second-order valence-corrected chi connectivity index (χ2v) is 7.11. The minimum absolute atomic E-state index is 0.227. The predicted molar refractivity (Wildman–Crippen MR) is 93.0 cm³/mol. The number of benzene rings is 2. The van der Waals surface area contributed by atoms with Gasteiger partial charge in [-0.1, -0.05) is 30.3 Å². The Bertz CT molecular complexity index is 1090. The van der Waals surface area contributed by atoms with Gasteiger partial charge in [0.15, 0.2) is 0 Å². The molecule has 25 heavy (non-hydrogen) atoms. The van der Waals surface area contributed by atoms with Gasteiger partial charge in [0, 0.05) is 17.1 Å². The lowest BCUT2D eigenvalue weighted by Crippen LogP contribution is -2.31. The molecule has 2 aromatic carbocycles. The number of sulfonamides is 1. The first-order valence-electron chi connectivity index (χ1n) is 7.36. The van der Waals surface area contributed by atoms with Gasteiger partial charge in [-0.3, -0.25) is 4.79 Å². The van der Waals surface area contributed by atoms with Crippen molar-refractivity contribution in [2.75, 3.05) is 0 Å². The second-order valence-electron chi connectivity index (χ2n) is 5.38. The fourth-order valence-electron chi connectivity index (χ4n) is 2.44. The van der Waals surface area contributed by atoms with E-state index >= 15 is 0 Å². The molecule has 0 atom stereocenters. The molecule has 3 aromatic rings. The minimum atomic E-state index is -3.87. The highest BCUT2D eigenvalue weighted by Crippen LogP contribution is 2.19. The van der Waals surface area contributed by atoms with Gasteiger partial charge >= 0.3 is 0 Å². The van der Waals surface area contributed by atoms with E-state index in [9.17, 15) is 13.2 Å². The van der Waals surface area contributed by atoms with Crippen molar-refractivity contribution < 1.29 is 13.2 Å². The standard InChI is InChI=1S/C18H13N3O3S/c19-11-17-16-10-13(6-7-14(16)8-9-20-17)12-25(23,24)21-18(22)15-4-2-1-3-5-15/h1-10H,12H2,(H,21,22). The Kier molecular flexibility index (Phi) is 4.46. The molecule has 1 aromatic heterocycles. The van der Waals surface area contributed by atoms with Crippen LogP contribution >= 0.6 is 0 Å². The maximum atomic E-state index is 12.3. The average molecular weight is 351 g/mol. The van der Waals surface area contributed by atoms with Crippen molar-refractivity contribution in [3.05, 3.63) is 77.6 Å². The van der Waals surface area contributed by atoms with Gasteiger partial charge in [-0.15, -0.1) is 0 Å². The number of pyridine rings is 1. The summed E-state index contributed by atoms with van der Waals surface area (Å²) in [7, 11) is -3.87. The molecule has 0 fully saturated rings. The molecular weight excluding hydrogens is 338 g/mol. The van der Waals surface area contributed by atoms with Crippen molar-refractivity contribution in [2.45, 2.75) is 5.75 Å². The zero-order chi connectivity index (χ0) is 17.9. The Labute approximate surface area is 144 Å². The van der Waals surface area contributed by atoms with Crippen LogP contribution < -0.4 is 4.72 Å². The Morgan fingerprint density at radius 3 is 2.60 bits per heavy atom. The molecule has 7 heteroatoms. The summed E-state index contributed by atoms with van der Waals surface area (Å²) in [5.74, 6) is -1.05. The van der Waals surface area contributed by atoms with Crippen LogP contribution in [0.15, 0.2) is 60.8 Å². The Morgan fingerprint density at radius 1 is 1.12 bits per heavy atom. The fourth-order valence-corrected chi connectivity index (χ4v) is 3.53. The van der Waals surface area contributed by atoms with Crippen molar-refractivity contribution >= 4 is 26.7 Å². The van der Waals surface area contributed by atoms with Crippen LogP contribution in [0.25, 0.3) is 10.8 Å². The Balaban J connectivity index is 1.85. The summed E-state index contributed by atoms with van der Waals surface area (Å²) in [5.41, 5.74) is 0.955. The van der Waals surface area contributed by atoms with Gasteiger partial charge < -0.3 is 0 Å². The Morgan fingerprint density at radius 2 is 1.88 bits per heavy atom. The third kappa shape index (κ3) is 3.82. The van der Waals surface area contributed by atoms with E-state index in [0.717, 1.165) is 5.39 Å². The molecule has 0 unspecified atom stereocenters. The topological polar surface area (TPSA) is 99.9 Å². The number of amides is 1. The molecule has 0 radical (unpaired) electrons. The minimum Gasteiger partial charge on any atom is -0.268 e. The number of rotatable bonds is 4. The van der Waals surface area contributed by atoms with Crippen LogP contribution in [0.1, 0.15) is 21.6 Å². The van der Waals surface area contributed by atoms with Crippen LogP contribution in [0.4, 0.5) is 0 Å². The van der Waals surface area contributed by atoms with Crippen LogP contribution in [0.2, 0.25) is 0 Å². The van der Waals surface area contributed by atoms with E-state index in [4.69, 9.17) is 5.26 Å². The van der Waals surface area contributed by atoms with Gasteiger partial charge in [0.25, 0.3) is 5.91 Å². The van der Waals surface area contributed by atoms with Crippen LogP contribution in [-0.2, 0) is 15.8 Å². The largest absolute Gasteiger partial charge is 0.268 e. The van der Waals surface area contributed by atoms with Crippen molar-refractivity contribution in [2.24, 2.45) is 0 Å². The number of hydrogen-bond acceptors (Lipinski definition) is 5. The average Bonchev–Trinajstić information content (AvgIpc) is 2.61. The molecule has 0 aliphatic carbocycles. The Hall–Kier alpha value is -3.24. The molecule has 3 rings (SSSR count). The van der Waals surface area contributed by atoms with Gasteiger partial charge in [-0.05, 0) is 35.2 Å². The molecule has 124 valence electrons. The summed E-state index contributed by atoms with van der Waals surface area (Å²) in [6.07, 6.45) is 1.53. The lowest BCUT2D eigenvalue weighted by atomic mass is 10.1. The molecule has 0 saturated heterocycles. The van der Waals surface area contributed by atoms with E-state index in [2.05, 4.69) is 9.71 Å². The van der Waals surface area contributed by atoms with E-state index in [-0.39, 0.29) is 17.0 Å². The first-order valence-corrected chi connectivity index (χ1v) is 9.01. The van der Waals surface area contributed by atoms with Gasteiger partial charge in [0.2, 0.25) is 10.0 Å². The summed E-state index contributed by atoms with van der Waals surface area (Å²) in [4.78, 5) is 16.0. The van der Waals surface area contributed by atoms with Crippen LogP contribution in [0.3, 0.4) is 0 Å². The van der Waals surface area contributed by atoms with E-state index < -0.39 is 15.9 Å². The number of fused-ring (bicyclic) bond motifs is 1. The third-order valence-corrected chi connectivity index (χ3v) is 4.79. The summed E-state index contributed by atoms with van der Waals surface area (Å²) in [6.45, 7) is 0. The molecule has 0 spiro atoms. The number of nitriles is 1. The number of carbonyl (C=O) groups excluding carboxylic acids is 1. The summed E-state index contributed by atoms with van der Waals surface area (Å²) in [5, 5.41) is 10.5.